The average molecular weight is 772 g/mol. The molecule has 3 N–H and O–H groups in total. The quantitative estimate of drug-likeness (QED) is 0.0505. The number of azo groups is 1. The van der Waals surface area contributed by atoms with Crippen LogP contribution in [0.3, 0.4) is 0 Å². The smallest absolute Gasteiger partial charge is 0.295 e. The Kier molecular flexibility index (Phi) is 12.7. The van der Waals surface area contributed by atoms with Crippen LogP contribution in [-0.4, -0.2) is 78.2 Å². The van der Waals surface area contributed by atoms with Crippen LogP contribution in [0.1, 0.15) is 43.1 Å². The molecule has 0 aliphatic carbocycles. The number of fused-ring (bicyclic) bond motifs is 1. The molecule has 264 valence electrons. The molecular formula is C29H33N5O10S5. The number of benzene rings is 3. The lowest BCUT2D eigenvalue weighted by atomic mass is 10.1. The Hall–Kier alpha value is -3.24. The second-order valence-corrected chi connectivity index (χ2v) is 17.1. The van der Waals surface area contributed by atoms with E-state index in [-0.39, 0.29) is 35.1 Å². The Balaban J connectivity index is 1.67. The molecule has 0 fully saturated rings. The summed E-state index contributed by atoms with van der Waals surface area (Å²) in [7, 11) is -12.2. The fraction of sp³-hybridized carbons (Fsp3) is 0.345. The SMILES string of the molecule is CCCCSc1nc(Cc2cc(C)c(N=Nc3cc(S(=O)(=O)O)c4cccc(S(=O)(=O)O)c4c3)cc2OC)nc(SCCCS(=O)(=O)O)n1. The van der Waals surface area contributed by atoms with Crippen molar-refractivity contribution in [3.05, 3.63) is 59.4 Å². The third-order valence-corrected chi connectivity index (χ3v) is 11.3. The minimum absolute atomic E-state index is 0.112. The Morgan fingerprint density at radius 3 is 2.04 bits per heavy atom. The maximum Gasteiger partial charge on any atom is 0.295 e. The largest absolute Gasteiger partial charge is 0.496 e. The van der Waals surface area contributed by atoms with Crippen LogP contribution < -0.4 is 4.74 Å². The normalized spacial score (nSPS) is 12.6. The zero-order chi connectivity index (χ0) is 36.0. The summed E-state index contributed by atoms with van der Waals surface area (Å²) < 4.78 is 105. The second-order valence-electron chi connectivity index (χ2n) is 10.6. The molecule has 1 aromatic heterocycles. The zero-order valence-corrected chi connectivity index (χ0v) is 30.6. The fourth-order valence-corrected chi connectivity index (χ4v) is 8.46. The van der Waals surface area contributed by atoms with Gasteiger partial charge in [0, 0.05) is 40.3 Å². The summed E-state index contributed by atoms with van der Waals surface area (Å²) in [5.74, 6) is 1.65. The summed E-state index contributed by atoms with van der Waals surface area (Å²) in [5, 5.41) is 8.96. The Morgan fingerprint density at radius 1 is 0.796 bits per heavy atom. The molecule has 0 aliphatic rings. The molecule has 15 nitrogen and oxygen atoms in total. The highest BCUT2D eigenvalue weighted by Gasteiger charge is 2.21. The molecule has 0 atom stereocenters. The molecule has 49 heavy (non-hydrogen) atoms. The van der Waals surface area contributed by atoms with Gasteiger partial charge in [-0.3, -0.25) is 13.7 Å². The number of rotatable bonds is 16. The van der Waals surface area contributed by atoms with Crippen LogP contribution >= 0.6 is 23.5 Å². The molecule has 0 saturated carbocycles. The number of methoxy groups -OCH3 is 1. The summed E-state index contributed by atoms with van der Waals surface area (Å²) in [6, 6.07) is 9.26. The topological polar surface area (TPSA) is 236 Å². The van der Waals surface area contributed by atoms with Crippen LogP contribution in [-0.2, 0) is 36.8 Å². The lowest BCUT2D eigenvalue weighted by Gasteiger charge is -2.12. The van der Waals surface area contributed by atoms with E-state index in [9.17, 15) is 34.4 Å². The third kappa shape index (κ3) is 10.9. The molecular weight excluding hydrogens is 739 g/mol. The number of ether oxygens (including phenoxy) is 1. The van der Waals surface area contributed by atoms with Gasteiger partial charge in [-0.1, -0.05) is 49.0 Å². The van der Waals surface area contributed by atoms with Crippen molar-refractivity contribution in [2.45, 2.75) is 59.6 Å². The van der Waals surface area contributed by atoms with Crippen LogP contribution in [0.2, 0.25) is 0 Å². The van der Waals surface area contributed by atoms with E-state index in [0.717, 1.165) is 30.7 Å². The van der Waals surface area contributed by atoms with E-state index in [0.29, 0.717) is 44.5 Å². The molecule has 3 aromatic carbocycles. The first-order valence-corrected chi connectivity index (χ1v) is 21.0. The highest BCUT2D eigenvalue weighted by Crippen LogP contribution is 2.36. The highest BCUT2D eigenvalue weighted by atomic mass is 32.2. The van der Waals surface area contributed by atoms with Gasteiger partial charge in [0.1, 0.15) is 21.4 Å². The van der Waals surface area contributed by atoms with E-state index < -0.39 is 40.1 Å². The Labute approximate surface area is 292 Å². The van der Waals surface area contributed by atoms with Crippen molar-refractivity contribution in [1.29, 1.82) is 0 Å². The lowest BCUT2D eigenvalue weighted by Crippen LogP contribution is -2.06. The monoisotopic (exact) mass is 771 g/mol. The van der Waals surface area contributed by atoms with Crippen molar-refractivity contribution in [1.82, 2.24) is 15.0 Å². The molecule has 20 heteroatoms. The molecule has 0 radical (unpaired) electrons. The number of aryl methyl sites for hydroxylation is 1. The van der Waals surface area contributed by atoms with Gasteiger partial charge in [-0.2, -0.15) is 40.5 Å². The van der Waals surface area contributed by atoms with Crippen LogP contribution in [0, 0.1) is 6.92 Å². The molecule has 1 heterocycles. The van der Waals surface area contributed by atoms with Gasteiger partial charge in [-0.15, -0.1) is 0 Å². The third-order valence-electron chi connectivity index (χ3n) is 6.83. The summed E-state index contributed by atoms with van der Waals surface area (Å²) in [6.45, 7) is 3.83. The van der Waals surface area contributed by atoms with Gasteiger partial charge in [-0.05, 0) is 49.6 Å². The van der Waals surface area contributed by atoms with Crippen molar-refractivity contribution in [3.8, 4) is 5.75 Å². The number of hydrogen-bond acceptors (Lipinski definition) is 14. The van der Waals surface area contributed by atoms with Crippen LogP contribution in [0.4, 0.5) is 11.4 Å². The first kappa shape index (κ1) is 38.6. The van der Waals surface area contributed by atoms with Crippen molar-refractivity contribution < 1.29 is 43.6 Å². The molecule has 0 unspecified atom stereocenters. The summed E-state index contributed by atoms with van der Waals surface area (Å²) in [4.78, 5) is 12.5. The summed E-state index contributed by atoms with van der Waals surface area (Å²) in [6.07, 6.45) is 2.41. The molecule has 0 bridgehead atoms. The number of thioether (sulfide) groups is 2. The van der Waals surface area contributed by atoms with Crippen molar-refractivity contribution in [2.75, 3.05) is 24.4 Å². The second kappa shape index (κ2) is 16.2. The van der Waals surface area contributed by atoms with Gasteiger partial charge in [0.25, 0.3) is 30.4 Å². The molecule has 4 rings (SSSR count). The Bertz CT molecular complexity index is 2210. The van der Waals surface area contributed by atoms with Crippen LogP contribution in [0.25, 0.3) is 10.8 Å². The number of nitrogens with zero attached hydrogens (tertiary/aromatic N) is 5. The van der Waals surface area contributed by atoms with Gasteiger partial charge in [0.2, 0.25) is 0 Å². The zero-order valence-electron chi connectivity index (χ0n) is 26.5. The lowest BCUT2D eigenvalue weighted by molar-refractivity contribution is 0.410. The van der Waals surface area contributed by atoms with E-state index in [1.807, 2.05) is 0 Å². The molecule has 0 saturated heterocycles. The molecule has 4 aromatic rings. The van der Waals surface area contributed by atoms with Gasteiger partial charge in [0.05, 0.1) is 24.2 Å². The molecule has 0 aliphatic heterocycles. The maximum atomic E-state index is 12.2. The first-order chi connectivity index (χ1) is 23.0. The minimum atomic E-state index is -4.83. The number of aromatic nitrogens is 3. The van der Waals surface area contributed by atoms with Gasteiger partial charge in [-0.25, -0.2) is 9.97 Å². The van der Waals surface area contributed by atoms with Crippen molar-refractivity contribution in [3.63, 3.8) is 0 Å². The average Bonchev–Trinajstić information content (AvgIpc) is 3.01. The maximum absolute atomic E-state index is 12.2. The fourth-order valence-electron chi connectivity index (χ4n) is 4.56. The number of unbranched alkanes of at least 4 members (excludes halogenated alkanes) is 1. The van der Waals surface area contributed by atoms with Crippen molar-refractivity contribution >= 4 is 76.0 Å². The highest BCUT2D eigenvalue weighted by molar-refractivity contribution is 7.99. The van der Waals surface area contributed by atoms with E-state index >= 15 is 0 Å². The van der Waals surface area contributed by atoms with E-state index in [1.165, 1.54) is 48.8 Å². The first-order valence-electron chi connectivity index (χ1n) is 14.5. The molecule has 0 spiro atoms. The van der Waals surface area contributed by atoms with E-state index in [1.54, 1.807) is 19.1 Å². The summed E-state index contributed by atoms with van der Waals surface area (Å²) in [5.41, 5.74) is 1.56. The van der Waals surface area contributed by atoms with Gasteiger partial charge in [0.15, 0.2) is 10.3 Å². The van der Waals surface area contributed by atoms with Gasteiger partial charge < -0.3 is 4.74 Å². The number of hydrogen-bond donors (Lipinski definition) is 3. The van der Waals surface area contributed by atoms with Crippen LogP contribution in [0.15, 0.2) is 72.8 Å². The van der Waals surface area contributed by atoms with E-state index in [4.69, 9.17) is 9.29 Å². The standard InChI is InChI=1S/C29H33N5O10S5/c1-4-5-10-45-28-30-27(31-29(32-28)46-11-7-12-47(35,36)37)14-19-13-18(2)23(17-24(19)44-3)34-33-20-15-22-21(26(16-20)49(41,42)43)8-6-9-25(22)48(38,39)40/h6,8-9,13,15-17H,4-5,7,10-12,14H2,1-3H3,(H,35,36,37)(H,38,39,40)(H,41,42,43). The predicted octanol–water partition coefficient (Wildman–Crippen LogP) is 6.10. The van der Waals surface area contributed by atoms with Crippen molar-refractivity contribution in [2.24, 2.45) is 10.2 Å². The Morgan fingerprint density at radius 2 is 1.45 bits per heavy atom. The van der Waals surface area contributed by atoms with E-state index in [2.05, 4.69) is 32.1 Å². The molecule has 0 amide bonds. The predicted molar refractivity (Wildman–Crippen MR) is 186 cm³/mol. The summed E-state index contributed by atoms with van der Waals surface area (Å²) >= 11 is 2.74. The van der Waals surface area contributed by atoms with Crippen LogP contribution in [0.5, 0.6) is 5.75 Å². The minimum Gasteiger partial charge on any atom is -0.496 e. The van der Waals surface area contributed by atoms with Gasteiger partial charge >= 0.3 is 0 Å².